The molecule has 1 aromatic heterocycles. The fourth-order valence-corrected chi connectivity index (χ4v) is 3.39. The van der Waals surface area contributed by atoms with Crippen LogP contribution in [0.5, 0.6) is 0 Å². The number of hydrogen-bond donors (Lipinski definition) is 1. The van der Waals surface area contributed by atoms with Crippen molar-refractivity contribution in [2.24, 2.45) is 0 Å². The minimum atomic E-state index is -0.353. The summed E-state index contributed by atoms with van der Waals surface area (Å²) in [5, 5.41) is 8.02. The predicted octanol–water partition coefficient (Wildman–Crippen LogP) is 3.92. The summed E-state index contributed by atoms with van der Waals surface area (Å²) in [4.78, 5) is 12.7. The number of amides is 1. The van der Waals surface area contributed by atoms with Gasteiger partial charge in [0.05, 0.1) is 11.1 Å². The van der Waals surface area contributed by atoms with Gasteiger partial charge in [-0.3, -0.25) is 4.79 Å². The Morgan fingerprint density at radius 1 is 1.12 bits per heavy atom. The van der Waals surface area contributed by atoms with Crippen LogP contribution in [0, 0.1) is 0 Å². The lowest BCUT2D eigenvalue weighted by atomic mass is 9.95. The van der Waals surface area contributed by atoms with Crippen molar-refractivity contribution >= 4 is 17.5 Å². The molecule has 1 aliphatic rings. The van der Waals surface area contributed by atoms with Crippen LogP contribution < -0.4 is 5.32 Å². The van der Waals surface area contributed by atoms with Crippen LogP contribution in [0.4, 0.5) is 0 Å². The molecule has 0 aliphatic heterocycles. The summed E-state index contributed by atoms with van der Waals surface area (Å²) < 4.78 is 1.83. The van der Waals surface area contributed by atoms with Gasteiger partial charge in [-0.15, -0.1) is 0 Å². The smallest absolute Gasteiger partial charge is 0.230 e. The van der Waals surface area contributed by atoms with Gasteiger partial charge in [0, 0.05) is 24.0 Å². The van der Waals surface area contributed by atoms with Crippen LogP contribution in [0.1, 0.15) is 24.0 Å². The van der Waals surface area contributed by atoms with Crippen molar-refractivity contribution in [3.63, 3.8) is 0 Å². The van der Waals surface area contributed by atoms with E-state index in [2.05, 4.69) is 22.5 Å². The molecule has 0 spiro atoms. The summed E-state index contributed by atoms with van der Waals surface area (Å²) in [5.41, 5.74) is 2.93. The van der Waals surface area contributed by atoms with Crippen molar-refractivity contribution in [3.05, 3.63) is 83.1 Å². The van der Waals surface area contributed by atoms with Crippen molar-refractivity contribution < 1.29 is 4.79 Å². The van der Waals surface area contributed by atoms with Crippen LogP contribution in [0.25, 0.3) is 5.69 Å². The molecule has 0 unspecified atom stereocenters. The first kappa shape index (κ1) is 16.9. The summed E-state index contributed by atoms with van der Waals surface area (Å²) >= 11 is 5.95. The van der Waals surface area contributed by atoms with Crippen LogP contribution in [0.2, 0.25) is 5.02 Å². The third kappa shape index (κ3) is 3.37. The Hall–Kier alpha value is -2.59. The lowest BCUT2D eigenvalue weighted by Crippen LogP contribution is -2.35. The largest absolute Gasteiger partial charge is 0.355 e. The molecule has 0 saturated heterocycles. The molecule has 0 bridgehead atoms. The summed E-state index contributed by atoms with van der Waals surface area (Å²) in [7, 11) is 0. The monoisotopic (exact) mass is 365 g/mol. The van der Waals surface area contributed by atoms with Gasteiger partial charge in [0.1, 0.15) is 0 Å². The van der Waals surface area contributed by atoms with E-state index in [1.54, 1.807) is 6.20 Å². The molecule has 1 N–H and O–H groups in total. The second-order valence-electron chi connectivity index (χ2n) is 6.71. The number of carbonyl (C=O) groups is 1. The van der Waals surface area contributed by atoms with Crippen molar-refractivity contribution in [1.29, 1.82) is 0 Å². The van der Waals surface area contributed by atoms with E-state index in [0.717, 1.165) is 30.5 Å². The molecule has 5 heteroatoms. The van der Waals surface area contributed by atoms with Crippen LogP contribution in [-0.2, 0) is 16.6 Å². The molecule has 1 heterocycles. The maximum Gasteiger partial charge on any atom is 0.230 e. The molecule has 1 aliphatic carbocycles. The molecule has 132 valence electrons. The topological polar surface area (TPSA) is 46.9 Å². The lowest BCUT2D eigenvalue weighted by Gasteiger charge is -2.16. The van der Waals surface area contributed by atoms with Gasteiger partial charge < -0.3 is 5.32 Å². The Morgan fingerprint density at radius 3 is 2.46 bits per heavy atom. The minimum Gasteiger partial charge on any atom is -0.355 e. The summed E-state index contributed by atoms with van der Waals surface area (Å²) in [6, 6.07) is 17.8. The average molecular weight is 366 g/mol. The molecular weight excluding hydrogens is 346 g/mol. The Bertz CT molecular complexity index is 882. The molecule has 0 radical (unpaired) electrons. The first-order chi connectivity index (χ1) is 12.7. The van der Waals surface area contributed by atoms with Crippen molar-refractivity contribution in [3.8, 4) is 5.69 Å². The first-order valence-electron chi connectivity index (χ1n) is 8.81. The van der Waals surface area contributed by atoms with E-state index in [9.17, 15) is 4.79 Å². The van der Waals surface area contributed by atoms with E-state index in [4.69, 9.17) is 11.6 Å². The number of nitrogens with zero attached hydrogens (tertiary/aromatic N) is 2. The van der Waals surface area contributed by atoms with E-state index in [0.29, 0.717) is 11.6 Å². The highest BCUT2D eigenvalue weighted by Gasteiger charge is 2.50. The number of nitrogens with one attached hydrogen (secondary N) is 1. The van der Waals surface area contributed by atoms with E-state index in [-0.39, 0.29) is 11.3 Å². The highest BCUT2D eigenvalue weighted by atomic mass is 35.5. The van der Waals surface area contributed by atoms with E-state index >= 15 is 0 Å². The van der Waals surface area contributed by atoms with Gasteiger partial charge in [0.25, 0.3) is 0 Å². The molecule has 26 heavy (non-hydrogen) atoms. The number of halogens is 1. The molecule has 2 aromatic carbocycles. The molecule has 1 amide bonds. The summed E-state index contributed by atoms with van der Waals surface area (Å²) in [5.74, 6) is 0.119. The predicted molar refractivity (Wildman–Crippen MR) is 103 cm³/mol. The molecule has 1 saturated carbocycles. The first-order valence-corrected chi connectivity index (χ1v) is 9.18. The molecule has 0 atom stereocenters. The van der Waals surface area contributed by atoms with Crippen LogP contribution in [0.15, 0.2) is 67.0 Å². The zero-order valence-electron chi connectivity index (χ0n) is 14.4. The number of hydrogen-bond acceptors (Lipinski definition) is 2. The van der Waals surface area contributed by atoms with Crippen LogP contribution in [0.3, 0.4) is 0 Å². The van der Waals surface area contributed by atoms with Crippen molar-refractivity contribution in [2.45, 2.75) is 24.7 Å². The van der Waals surface area contributed by atoms with Gasteiger partial charge in [-0.1, -0.05) is 35.9 Å². The quantitative estimate of drug-likeness (QED) is 0.719. The van der Waals surface area contributed by atoms with Gasteiger partial charge in [0.15, 0.2) is 0 Å². The fourth-order valence-electron chi connectivity index (χ4n) is 3.27. The highest BCUT2D eigenvalue weighted by Crippen LogP contribution is 2.48. The standard InChI is InChI=1S/C21H20ClN3O/c22-18-6-4-17(5-7-18)21(11-12-21)20(26)23-14-10-16-2-8-19(9-3-16)25-15-1-13-24-25/h1-9,13,15H,10-12,14H2,(H,23,26). The SMILES string of the molecule is O=C(NCCc1ccc(-n2cccn2)cc1)C1(c2ccc(Cl)cc2)CC1. The molecule has 4 rings (SSSR count). The zero-order valence-corrected chi connectivity index (χ0v) is 15.1. The maximum atomic E-state index is 12.7. The third-order valence-corrected chi connectivity index (χ3v) is 5.24. The molecular formula is C21H20ClN3O. The van der Waals surface area contributed by atoms with E-state index in [1.807, 2.05) is 53.3 Å². The van der Waals surface area contributed by atoms with E-state index < -0.39 is 0 Å². The molecule has 3 aromatic rings. The van der Waals surface area contributed by atoms with Gasteiger partial charge in [-0.05, 0) is 60.7 Å². The van der Waals surface area contributed by atoms with Gasteiger partial charge >= 0.3 is 0 Å². The maximum absolute atomic E-state index is 12.7. The van der Waals surface area contributed by atoms with Gasteiger partial charge in [-0.25, -0.2) is 4.68 Å². The van der Waals surface area contributed by atoms with Gasteiger partial charge in [-0.2, -0.15) is 5.10 Å². The summed E-state index contributed by atoms with van der Waals surface area (Å²) in [6.07, 6.45) is 6.29. The van der Waals surface area contributed by atoms with Crippen LogP contribution in [-0.4, -0.2) is 22.2 Å². The lowest BCUT2D eigenvalue weighted by molar-refractivity contribution is -0.123. The van der Waals surface area contributed by atoms with E-state index in [1.165, 1.54) is 5.56 Å². The number of carbonyl (C=O) groups excluding carboxylic acids is 1. The Morgan fingerprint density at radius 2 is 1.85 bits per heavy atom. The van der Waals surface area contributed by atoms with Gasteiger partial charge in [0.2, 0.25) is 5.91 Å². The molecule has 4 nitrogen and oxygen atoms in total. The normalized spacial score (nSPS) is 14.8. The highest BCUT2D eigenvalue weighted by molar-refractivity contribution is 6.30. The Labute approximate surface area is 157 Å². The minimum absolute atomic E-state index is 0.119. The third-order valence-electron chi connectivity index (χ3n) is 4.99. The van der Waals surface area contributed by atoms with Crippen LogP contribution >= 0.6 is 11.6 Å². The Kier molecular flexibility index (Phi) is 4.51. The fraction of sp³-hybridized carbons (Fsp3) is 0.238. The number of aromatic nitrogens is 2. The Balaban J connectivity index is 1.33. The summed E-state index contributed by atoms with van der Waals surface area (Å²) in [6.45, 7) is 0.634. The average Bonchev–Trinajstić information content (AvgIpc) is 3.29. The molecule has 1 fully saturated rings. The number of rotatable bonds is 6. The second-order valence-corrected chi connectivity index (χ2v) is 7.15. The zero-order chi connectivity index (χ0) is 18.0. The number of benzene rings is 2. The van der Waals surface area contributed by atoms with Crippen molar-refractivity contribution in [1.82, 2.24) is 15.1 Å². The second kappa shape index (κ2) is 6.96. The van der Waals surface area contributed by atoms with Crippen molar-refractivity contribution in [2.75, 3.05) is 6.54 Å².